The third-order valence-electron chi connectivity index (χ3n) is 3.67. The Morgan fingerprint density at radius 2 is 1.46 bits per heavy atom. The van der Waals surface area contributed by atoms with Gasteiger partial charge in [0.2, 0.25) is 11.9 Å². The van der Waals surface area contributed by atoms with Gasteiger partial charge in [-0.05, 0) is 12.1 Å². The maximum absolute atomic E-state index is 5.20. The topological polar surface area (TPSA) is 72.0 Å². The Labute approximate surface area is 140 Å². The van der Waals surface area contributed by atoms with E-state index in [9.17, 15) is 0 Å². The molecule has 6 nitrogen and oxygen atoms in total. The van der Waals surface area contributed by atoms with E-state index in [0.29, 0.717) is 30.9 Å². The molecule has 1 fully saturated rings. The predicted octanol–water partition coefficient (Wildman–Crippen LogP) is 3.09. The lowest BCUT2D eigenvalue weighted by Crippen LogP contribution is -2.40. The van der Waals surface area contributed by atoms with Crippen LogP contribution in [0.5, 0.6) is 0 Å². The fourth-order valence-corrected chi connectivity index (χ4v) is 2.36. The van der Waals surface area contributed by atoms with E-state index in [1.807, 2.05) is 60.7 Å². The molecule has 0 saturated carbocycles. The average molecular weight is 319 g/mol. The van der Waals surface area contributed by atoms with Crippen molar-refractivity contribution in [2.75, 3.05) is 23.8 Å². The highest BCUT2D eigenvalue weighted by molar-refractivity contribution is 5.60. The van der Waals surface area contributed by atoms with E-state index in [0.717, 1.165) is 11.3 Å². The molecule has 2 aromatic carbocycles. The number of aromatic nitrogens is 3. The van der Waals surface area contributed by atoms with Gasteiger partial charge >= 0.3 is 0 Å². The summed E-state index contributed by atoms with van der Waals surface area (Å²) in [6.07, 6.45) is 0. The van der Waals surface area contributed by atoms with Crippen LogP contribution in [-0.2, 0) is 4.74 Å². The van der Waals surface area contributed by atoms with Crippen LogP contribution < -0.4 is 10.6 Å². The van der Waals surface area contributed by atoms with Crippen molar-refractivity contribution in [1.82, 2.24) is 15.0 Å². The van der Waals surface area contributed by atoms with Gasteiger partial charge in [0.15, 0.2) is 5.82 Å². The summed E-state index contributed by atoms with van der Waals surface area (Å²) in [5.74, 6) is 1.69. The number of nitrogens with zero attached hydrogens (tertiary/aromatic N) is 3. The molecule has 0 atom stereocenters. The van der Waals surface area contributed by atoms with Crippen LogP contribution in [0, 0.1) is 0 Å². The SMILES string of the molecule is c1ccc(Nc2nc(NC3COC3)nc(-c3ccccc3)n2)cc1. The van der Waals surface area contributed by atoms with Gasteiger partial charge in [-0.1, -0.05) is 48.5 Å². The van der Waals surface area contributed by atoms with Crippen molar-refractivity contribution >= 4 is 17.6 Å². The second-order valence-corrected chi connectivity index (χ2v) is 5.54. The smallest absolute Gasteiger partial charge is 0.232 e. The first kappa shape index (κ1) is 14.6. The fourth-order valence-electron chi connectivity index (χ4n) is 2.36. The molecule has 0 bridgehead atoms. The van der Waals surface area contributed by atoms with Crippen LogP contribution in [0.4, 0.5) is 17.6 Å². The van der Waals surface area contributed by atoms with Crippen molar-refractivity contribution in [3.8, 4) is 11.4 Å². The number of para-hydroxylation sites is 1. The van der Waals surface area contributed by atoms with Gasteiger partial charge < -0.3 is 15.4 Å². The molecule has 2 heterocycles. The lowest BCUT2D eigenvalue weighted by molar-refractivity contribution is 0.0208. The normalized spacial score (nSPS) is 14.0. The van der Waals surface area contributed by atoms with Gasteiger partial charge in [-0.3, -0.25) is 0 Å². The first-order chi connectivity index (χ1) is 11.9. The lowest BCUT2D eigenvalue weighted by Gasteiger charge is -2.26. The number of hydrogen-bond acceptors (Lipinski definition) is 6. The molecule has 0 radical (unpaired) electrons. The van der Waals surface area contributed by atoms with Crippen LogP contribution in [0.1, 0.15) is 0 Å². The summed E-state index contributed by atoms with van der Waals surface area (Å²) in [6, 6.07) is 20.0. The minimum absolute atomic E-state index is 0.251. The van der Waals surface area contributed by atoms with Crippen LogP contribution in [-0.4, -0.2) is 34.2 Å². The van der Waals surface area contributed by atoms with Gasteiger partial charge in [-0.25, -0.2) is 0 Å². The molecule has 120 valence electrons. The Morgan fingerprint density at radius 1 is 0.792 bits per heavy atom. The fraction of sp³-hybridized carbons (Fsp3) is 0.167. The highest BCUT2D eigenvalue weighted by atomic mass is 16.5. The van der Waals surface area contributed by atoms with Crippen molar-refractivity contribution in [3.63, 3.8) is 0 Å². The molecule has 0 aliphatic carbocycles. The largest absolute Gasteiger partial charge is 0.377 e. The Morgan fingerprint density at radius 3 is 2.12 bits per heavy atom. The zero-order valence-electron chi connectivity index (χ0n) is 13.0. The first-order valence-electron chi connectivity index (χ1n) is 7.85. The molecule has 2 N–H and O–H groups in total. The summed E-state index contributed by atoms with van der Waals surface area (Å²) in [5.41, 5.74) is 1.88. The number of rotatable bonds is 5. The summed E-state index contributed by atoms with van der Waals surface area (Å²) in [6.45, 7) is 1.35. The minimum atomic E-state index is 0.251. The van der Waals surface area contributed by atoms with E-state index in [1.165, 1.54) is 0 Å². The summed E-state index contributed by atoms with van der Waals surface area (Å²) >= 11 is 0. The van der Waals surface area contributed by atoms with Crippen LogP contribution in [0.2, 0.25) is 0 Å². The molecule has 1 saturated heterocycles. The third kappa shape index (κ3) is 3.33. The Bertz CT molecular complexity index is 806. The molecular weight excluding hydrogens is 302 g/mol. The van der Waals surface area contributed by atoms with Crippen molar-refractivity contribution in [2.45, 2.75) is 6.04 Å². The molecule has 1 aliphatic rings. The molecular formula is C18H17N5O. The summed E-state index contributed by atoms with van der Waals surface area (Å²) < 4.78 is 5.20. The molecule has 0 spiro atoms. The highest BCUT2D eigenvalue weighted by Crippen LogP contribution is 2.20. The zero-order chi connectivity index (χ0) is 16.2. The molecule has 24 heavy (non-hydrogen) atoms. The molecule has 1 aliphatic heterocycles. The van der Waals surface area contributed by atoms with E-state index < -0.39 is 0 Å². The zero-order valence-corrected chi connectivity index (χ0v) is 13.0. The number of benzene rings is 2. The first-order valence-corrected chi connectivity index (χ1v) is 7.85. The molecule has 0 amide bonds. The van der Waals surface area contributed by atoms with E-state index in [1.54, 1.807) is 0 Å². The standard InChI is InChI=1S/C18H17N5O/c1-3-7-13(8-4-1)16-21-17(19-14-9-5-2-6-10-14)23-18(22-16)20-15-11-24-12-15/h1-10,15H,11-12H2,(H2,19,20,21,22,23). The quantitative estimate of drug-likeness (QED) is 0.753. The monoisotopic (exact) mass is 319 g/mol. The molecule has 0 unspecified atom stereocenters. The van der Waals surface area contributed by atoms with Gasteiger partial charge in [0, 0.05) is 11.3 Å². The lowest BCUT2D eigenvalue weighted by atomic mass is 10.2. The van der Waals surface area contributed by atoms with Gasteiger partial charge in [-0.2, -0.15) is 15.0 Å². The van der Waals surface area contributed by atoms with Gasteiger partial charge in [0.1, 0.15) is 0 Å². The van der Waals surface area contributed by atoms with E-state index in [-0.39, 0.29) is 6.04 Å². The maximum atomic E-state index is 5.20. The van der Waals surface area contributed by atoms with Crippen LogP contribution in [0.3, 0.4) is 0 Å². The molecule has 6 heteroatoms. The highest BCUT2D eigenvalue weighted by Gasteiger charge is 2.20. The second-order valence-electron chi connectivity index (χ2n) is 5.54. The van der Waals surface area contributed by atoms with E-state index in [2.05, 4.69) is 25.6 Å². The predicted molar refractivity (Wildman–Crippen MR) is 93.2 cm³/mol. The number of anilines is 3. The van der Waals surface area contributed by atoms with Gasteiger partial charge in [0.25, 0.3) is 0 Å². The average Bonchev–Trinajstić information content (AvgIpc) is 2.60. The maximum Gasteiger partial charge on any atom is 0.232 e. The molecule has 1 aromatic heterocycles. The molecule has 4 rings (SSSR count). The van der Waals surface area contributed by atoms with Crippen LogP contribution >= 0.6 is 0 Å². The summed E-state index contributed by atoms with van der Waals surface area (Å²) in [7, 11) is 0. The third-order valence-corrected chi connectivity index (χ3v) is 3.67. The second kappa shape index (κ2) is 6.64. The van der Waals surface area contributed by atoms with Gasteiger partial charge in [-0.15, -0.1) is 0 Å². The summed E-state index contributed by atoms with van der Waals surface area (Å²) in [5, 5.41) is 6.52. The van der Waals surface area contributed by atoms with Crippen molar-refractivity contribution in [1.29, 1.82) is 0 Å². The van der Waals surface area contributed by atoms with Gasteiger partial charge in [0.05, 0.1) is 19.3 Å². The Kier molecular flexibility index (Phi) is 4.04. The van der Waals surface area contributed by atoms with E-state index in [4.69, 9.17) is 4.74 Å². The number of hydrogen-bond donors (Lipinski definition) is 2. The van der Waals surface area contributed by atoms with Crippen molar-refractivity contribution in [3.05, 3.63) is 60.7 Å². The number of ether oxygens (including phenoxy) is 1. The Hall–Kier alpha value is -2.99. The minimum Gasteiger partial charge on any atom is -0.377 e. The van der Waals surface area contributed by atoms with Crippen LogP contribution in [0.15, 0.2) is 60.7 Å². The summed E-state index contributed by atoms with van der Waals surface area (Å²) in [4.78, 5) is 13.6. The van der Waals surface area contributed by atoms with E-state index >= 15 is 0 Å². The number of nitrogens with one attached hydrogen (secondary N) is 2. The molecule has 3 aromatic rings. The Balaban J connectivity index is 1.67. The van der Waals surface area contributed by atoms with Crippen molar-refractivity contribution in [2.24, 2.45) is 0 Å². The van der Waals surface area contributed by atoms with Crippen LogP contribution in [0.25, 0.3) is 11.4 Å². The van der Waals surface area contributed by atoms with Crippen molar-refractivity contribution < 1.29 is 4.74 Å².